The molecule has 0 aliphatic carbocycles. The number of fused-ring (bicyclic) bond motifs is 1. The molecule has 2 rings (SSSR count). The van der Waals surface area contributed by atoms with Crippen LogP contribution in [0.1, 0.15) is 10.4 Å². The van der Waals surface area contributed by atoms with Crippen LogP contribution < -0.4 is 10.2 Å². The first kappa shape index (κ1) is 9.51. The summed E-state index contributed by atoms with van der Waals surface area (Å²) in [6.45, 7) is 0.246. The molecule has 5 nitrogen and oxygen atoms in total. The second-order valence-electron chi connectivity index (χ2n) is 3.41. The summed E-state index contributed by atoms with van der Waals surface area (Å²) < 4.78 is 0. The van der Waals surface area contributed by atoms with Gasteiger partial charge < -0.3 is 15.3 Å². The summed E-state index contributed by atoms with van der Waals surface area (Å²) in [5.41, 5.74) is 1.23. The molecule has 0 aromatic heterocycles. The van der Waals surface area contributed by atoms with Gasteiger partial charge in [0, 0.05) is 7.05 Å². The van der Waals surface area contributed by atoms with E-state index in [9.17, 15) is 9.59 Å². The van der Waals surface area contributed by atoms with Crippen molar-refractivity contribution in [1.29, 1.82) is 0 Å². The number of hydrogen-bond acceptors (Lipinski definition) is 3. The van der Waals surface area contributed by atoms with E-state index < -0.39 is 5.97 Å². The number of carboxylic acid groups (broad SMARTS) is 1. The first-order valence-corrected chi connectivity index (χ1v) is 4.47. The molecule has 5 heteroatoms. The molecule has 0 saturated heterocycles. The van der Waals surface area contributed by atoms with Gasteiger partial charge in [0.05, 0.1) is 23.5 Å². The first-order valence-electron chi connectivity index (χ1n) is 4.47. The highest BCUT2D eigenvalue weighted by Gasteiger charge is 2.23. The molecule has 1 aliphatic rings. The Hall–Kier alpha value is -2.04. The Bertz CT molecular complexity index is 442. The molecule has 1 amide bonds. The summed E-state index contributed by atoms with van der Waals surface area (Å²) in [4.78, 5) is 23.9. The van der Waals surface area contributed by atoms with E-state index in [-0.39, 0.29) is 18.0 Å². The zero-order chi connectivity index (χ0) is 11.0. The molecule has 1 aliphatic heterocycles. The normalized spacial score (nSPS) is 14.5. The van der Waals surface area contributed by atoms with Gasteiger partial charge in [0.15, 0.2) is 0 Å². The van der Waals surface area contributed by atoms with E-state index in [1.807, 2.05) is 0 Å². The van der Waals surface area contributed by atoms with Gasteiger partial charge in [0.2, 0.25) is 5.91 Å². The molecule has 1 aromatic rings. The predicted molar refractivity (Wildman–Crippen MR) is 55.3 cm³/mol. The molecule has 78 valence electrons. The fourth-order valence-corrected chi connectivity index (χ4v) is 1.65. The fraction of sp³-hybridized carbons (Fsp3) is 0.200. The number of amides is 1. The summed E-state index contributed by atoms with van der Waals surface area (Å²) in [5.74, 6) is -1.24. The topological polar surface area (TPSA) is 69.6 Å². The Kier molecular flexibility index (Phi) is 2.07. The van der Waals surface area contributed by atoms with Gasteiger partial charge in [-0.15, -0.1) is 0 Å². The number of carboxylic acids is 1. The molecule has 2 N–H and O–H groups in total. The number of likely N-dealkylation sites (N-methyl/N-ethyl adjacent to an activating group) is 1. The van der Waals surface area contributed by atoms with Crippen molar-refractivity contribution in [3.63, 3.8) is 0 Å². The van der Waals surface area contributed by atoms with Crippen LogP contribution in [0.15, 0.2) is 18.2 Å². The van der Waals surface area contributed by atoms with Crippen molar-refractivity contribution < 1.29 is 14.7 Å². The van der Waals surface area contributed by atoms with E-state index in [1.54, 1.807) is 24.1 Å². The molecule has 0 radical (unpaired) electrons. The fourth-order valence-electron chi connectivity index (χ4n) is 1.65. The number of para-hydroxylation sites is 1. The quantitative estimate of drug-likeness (QED) is 0.712. The number of aromatic carboxylic acids is 1. The number of anilines is 2. The summed E-state index contributed by atoms with van der Waals surface area (Å²) in [5, 5.41) is 11.5. The number of nitrogens with zero attached hydrogens (tertiary/aromatic N) is 1. The molecular formula is C10H10N2O3. The lowest BCUT2D eigenvalue weighted by Gasteiger charge is -2.28. The number of carbonyl (C=O) groups is 2. The van der Waals surface area contributed by atoms with Crippen molar-refractivity contribution in [3.8, 4) is 0 Å². The number of hydrogen-bond donors (Lipinski definition) is 2. The van der Waals surface area contributed by atoms with Gasteiger partial charge in [-0.1, -0.05) is 6.07 Å². The Labute approximate surface area is 86.3 Å². The van der Waals surface area contributed by atoms with E-state index in [1.165, 1.54) is 6.07 Å². The van der Waals surface area contributed by atoms with Crippen molar-refractivity contribution in [3.05, 3.63) is 23.8 Å². The maximum absolute atomic E-state index is 11.3. The SMILES string of the molecule is CN1CC(=O)Nc2c(C(=O)O)cccc21. The average Bonchev–Trinajstić information content (AvgIpc) is 2.16. The van der Waals surface area contributed by atoms with Crippen LogP contribution in [0.3, 0.4) is 0 Å². The highest BCUT2D eigenvalue weighted by atomic mass is 16.4. The minimum Gasteiger partial charge on any atom is -0.478 e. The Balaban J connectivity index is 2.59. The molecule has 0 saturated carbocycles. The molecular weight excluding hydrogens is 196 g/mol. The minimum atomic E-state index is -1.04. The molecule has 1 aromatic carbocycles. The summed E-state index contributed by atoms with van der Waals surface area (Å²) in [6, 6.07) is 4.91. The largest absolute Gasteiger partial charge is 0.478 e. The lowest BCUT2D eigenvalue weighted by atomic mass is 10.1. The van der Waals surface area contributed by atoms with Crippen molar-refractivity contribution in [2.75, 3.05) is 23.8 Å². The van der Waals surface area contributed by atoms with Crippen LogP contribution in [0.4, 0.5) is 11.4 Å². The van der Waals surface area contributed by atoms with E-state index in [0.717, 1.165) is 5.69 Å². The molecule has 0 bridgehead atoms. The number of rotatable bonds is 1. The van der Waals surface area contributed by atoms with Gasteiger partial charge in [-0.05, 0) is 12.1 Å². The predicted octanol–water partition coefficient (Wildman–Crippen LogP) is 0.773. The van der Waals surface area contributed by atoms with Crippen LogP contribution in [-0.4, -0.2) is 30.6 Å². The molecule has 0 spiro atoms. The van der Waals surface area contributed by atoms with Crippen molar-refractivity contribution in [1.82, 2.24) is 0 Å². The molecule has 1 heterocycles. The third kappa shape index (κ3) is 1.52. The minimum absolute atomic E-state index is 0.118. The maximum atomic E-state index is 11.3. The van der Waals surface area contributed by atoms with Crippen LogP contribution in [0.25, 0.3) is 0 Å². The standard InChI is InChI=1S/C10H10N2O3/c1-12-5-8(13)11-9-6(10(14)15)3-2-4-7(9)12/h2-4H,5H2,1H3,(H,11,13)(H,14,15). The van der Waals surface area contributed by atoms with Gasteiger partial charge in [0.25, 0.3) is 0 Å². The van der Waals surface area contributed by atoms with Gasteiger partial charge in [-0.3, -0.25) is 4.79 Å². The van der Waals surface area contributed by atoms with Gasteiger partial charge in [0.1, 0.15) is 0 Å². The second-order valence-corrected chi connectivity index (χ2v) is 3.41. The second kappa shape index (κ2) is 3.27. The zero-order valence-electron chi connectivity index (χ0n) is 8.15. The van der Waals surface area contributed by atoms with Crippen molar-refractivity contribution in [2.24, 2.45) is 0 Å². The van der Waals surface area contributed by atoms with E-state index in [2.05, 4.69) is 5.32 Å². The lowest BCUT2D eigenvalue weighted by Crippen LogP contribution is -2.36. The Morgan fingerprint density at radius 3 is 2.93 bits per heavy atom. The van der Waals surface area contributed by atoms with Crippen LogP contribution in [0.2, 0.25) is 0 Å². The Morgan fingerprint density at radius 1 is 1.53 bits per heavy atom. The molecule has 15 heavy (non-hydrogen) atoms. The van der Waals surface area contributed by atoms with Crippen molar-refractivity contribution >= 4 is 23.3 Å². The van der Waals surface area contributed by atoms with E-state index in [0.29, 0.717) is 5.69 Å². The number of nitrogens with one attached hydrogen (secondary N) is 1. The third-order valence-corrected chi connectivity index (χ3v) is 2.33. The average molecular weight is 206 g/mol. The van der Waals surface area contributed by atoms with E-state index in [4.69, 9.17) is 5.11 Å². The summed E-state index contributed by atoms with van der Waals surface area (Å²) in [7, 11) is 1.75. The van der Waals surface area contributed by atoms with E-state index >= 15 is 0 Å². The van der Waals surface area contributed by atoms with Gasteiger partial charge in [-0.2, -0.15) is 0 Å². The van der Waals surface area contributed by atoms with Gasteiger partial charge >= 0.3 is 5.97 Å². The number of carbonyl (C=O) groups excluding carboxylic acids is 1. The van der Waals surface area contributed by atoms with Crippen LogP contribution in [-0.2, 0) is 4.79 Å². The summed E-state index contributed by atoms with van der Waals surface area (Å²) >= 11 is 0. The molecule has 0 fully saturated rings. The molecule has 0 unspecified atom stereocenters. The highest BCUT2D eigenvalue weighted by Crippen LogP contribution is 2.31. The third-order valence-electron chi connectivity index (χ3n) is 2.33. The number of benzene rings is 1. The maximum Gasteiger partial charge on any atom is 0.337 e. The zero-order valence-corrected chi connectivity index (χ0v) is 8.15. The lowest BCUT2D eigenvalue weighted by molar-refractivity contribution is -0.115. The van der Waals surface area contributed by atoms with Crippen LogP contribution in [0, 0.1) is 0 Å². The Morgan fingerprint density at radius 2 is 2.27 bits per heavy atom. The monoisotopic (exact) mass is 206 g/mol. The van der Waals surface area contributed by atoms with Crippen molar-refractivity contribution in [2.45, 2.75) is 0 Å². The van der Waals surface area contributed by atoms with Crippen LogP contribution in [0.5, 0.6) is 0 Å². The highest BCUT2D eigenvalue weighted by molar-refractivity contribution is 6.08. The van der Waals surface area contributed by atoms with Crippen LogP contribution >= 0.6 is 0 Å². The summed E-state index contributed by atoms with van der Waals surface area (Å²) in [6.07, 6.45) is 0. The molecule has 0 atom stereocenters. The van der Waals surface area contributed by atoms with Gasteiger partial charge in [-0.25, -0.2) is 4.79 Å². The smallest absolute Gasteiger partial charge is 0.337 e. The first-order chi connectivity index (χ1) is 7.09.